The van der Waals surface area contributed by atoms with E-state index in [2.05, 4.69) is 20.0 Å². The van der Waals surface area contributed by atoms with Crippen LogP contribution in [0.1, 0.15) is 28.1 Å². The van der Waals surface area contributed by atoms with Gasteiger partial charge in [-0.15, -0.1) is 0 Å². The van der Waals surface area contributed by atoms with Gasteiger partial charge in [0.1, 0.15) is 11.6 Å². The first-order valence-corrected chi connectivity index (χ1v) is 7.39. The minimum Gasteiger partial charge on any atom is -0.480 e. The Morgan fingerprint density at radius 3 is 2.96 bits per heavy atom. The number of carbonyl (C=O) groups excluding carboxylic acids is 1. The van der Waals surface area contributed by atoms with Gasteiger partial charge >= 0.3 is 0 Å². The summed E-state index contributed by atoms with van der Waals surface area (Å²) >= 11 is 0. The molecular weight excluding hydrogens is 298 g/mol. The number of pyridine rings is 1. The Kier molecular flexibility index (Phi) is 4.24. The third kappa shape index (κ3) is 3.02. The van der Waals surface area contributed by atoms with E-state index in [0.717, 1.165) is 6.54 Å². The molecule has 0 radical (unpaired) electrons. The Morgan fingerprint density at radius 2 is 2.26 bits per heavy atom. The summed E-state index contributed by atoms with van der Waals surface area (Å²) in [7, 11) is 3.49. The summed E-state index contributed by atoms with van der Waals surface area (Å²) in [6.07, 6.45) is 1.60. The van der Waals surface area contributed by atoms with Crippen LogP contribution >= 0.6 is 0 Å². The van der Waals surface area contributed by atoms with E-state index in [1.54, 1.807) is 30.2 Å². The minimum atomic E-state index is -0.114. The smallest absolute Gasteiger partial charge is 0.259 e. The van der Waals surface area contributed by atoms with Crippen molar-refractivity contribution in [2.75, 3.05) is 33.8 Å². The number of amides is 1. The number of aryl methyl sites for hydroxylation is 1. The van der Waals surface area contributed by atoms with Gasteiger partial charge in [-0.1, -0.05) is 5.16 Å². The third-order valence-corrected chi connectivity index (χ3v) is 3.96. The highest BCUT2D eigenvalue weighted by Gasteiger charge is 2.33. The number of hydrogen-bond donors (Lipinski definition) is 0. The lowest BCUT2D eigenvalue weighted by atomic mass is 10.1. The molecule has 0 aromatic carbocycles. The number of likely N-dealkylation sites (N-methyl/N-ethyl adjacent to an activating group) is 1. The number of nitrogens with zero attached hydrogens (tertiary/aromatic N) is 5. The first kappa shape index (κ1) is 15.4. The second-order valence-corrected chi connectivity index (χ2v) is 5.49. The summed E-state index contributed by atoms with van der Waals surface area (Å²) in [6.45, 7) is 3.60. The fourth-order valence-corrected chi connectivity index (χ4v) is 2.66. The molecule has 1 aliphatic rings. The fraction of sp³-hybridized carbons (Fsp3) is 0.467. The molecule has 122 valence electrons. The molecule has 0 bridgehead atoms. The Hall–Kier alpha value is -2.48. The average Bonchev–Trinajstić information content (AvgIpc) is 3.01. The van der Waals surface area contributed by atoms with Crippen LogP contribution < -0.4 is 4.74 Å². The summed E-state index contributed by atoms with van der Waals surface area (Å²) < 4.78 is 10.5. The number of ether oxygens (including phenoxy) is 1. The van der Waals surface area contributed by atoms with Crippen molar-refractivity contribution in [3.63, 3.8) is 0 Å². The normalized spacial score (nSPS) is 18.9. The van der Waals surface area contributed by atoms with Crippen molar-refractivity contribution < 1.29 is 14.1 Å². The van der Waals surface area contributed by atoms with Crippen LogP contribution in [0.4, 0.5) is 0 Å². The molecule has 1 fully saturated rings. The zero-order chi connectivity index (χ0) is 16.4. The van der Waals surface area contributed by atoms with E-state index in [1.807, 2.05) is 7.05 Å². The van der Waals surface area contributed by atoms with Crippen molar-refractivity contribution in [1.29, 1.82) is 0 Å². The maximum Gasteiger partial charge on any atom is 0.259 e. The molecule has 2 aromatic heterocycles. The molecule has 23 heavy (non-hydrogen) atoms. The van der Waals surface area contributed by atoms with Gasteiger partial charge in [-0.25, -0.2) is 4.98 Å². The Bertz CT molecular complexity index is 702. The van der Waals surface area contributed by atoms with E-state index in [0.29, 0.717) is 36.2 Å². The maximum absolute atomic E-state index is 12.8. The van der Waals surface area contributed by atoms with Crippen molar-refractivity contribution in [2.45, 2.75) is 13.0 Å². The molecule has 0 saturated carbocycles. The van der Waals surface area contributed by atoms with Gasteiger partial charge in [-0.3, -0.25) is 9.69 Å². The highest BCUT2D eigenvalue weighted by Crippen LogP contribution is 2.25. The molecule has 0 unspecified atom stereocenters. The number of rotatable bonds is 3. The van der Waals surface area contributed by atoms with Crippen molar-refractivity contribution in [3.8, 4) is 5.88 Å². The number of carbonyl (C=O) groups is 1. The van der Waals surface area contributed by atoms with Gasteiger partial charge in [-0.05, 0) is 26.1 Å². The molecule has 0 aliphatic carbocycles. The lowest BCUT2D eigenvalue weighted by Crippen LogP contribution is -2.49. The summed E-state index contributed by atoms with van der Waals surface area (Å²) in [5.74, 6) is 1.34. The highest BCUT2D eigenvalue weighted by atomic mass is 16.5. The van der Waals surface area contributed by atoms with E-state index >= 15 is 0 Å². The van der Waals surface area contributed by atoms with Gasteiger partial charge in [0.25, 0.3) is 5.91 Å². The van der Waals surface area contributed by atoms with E-state index in [4.69, 9.17) is 9.26 Å². The van der Waals surface area contributed by atoms with E-state index in [-0.39, 0.29) is 11.9 Å². The molecule has 0 spiro atoms. The SMILES string of the molecule is COc1ncccc1C(=O)N1CCN(C)[C@@H](c2nc(C)no2)C1. The number of methoxy groups -OCH3 is 1. The van der Waals surface area contributed by atoms with Gasteiger partial charge in [0.15, 0.2) is 5.82 Å². The monoisotopic (exact) mass is 317 g/mol. The lowest BCUT2D eigenvalue weighted by Gasteiger charge is -2.37. The van der Waals surface area contributed by atoms with Gasteiger partial charge in [-0.2, -0.15) is 4.98 Å². The van der Waals surface area contributed by atoms with E-state index in [1.165, 1.54) is 7.11 Å². The second-order valence-electron chi connectivity index (χ2n) is 5.49. The predicted octanol–water partition coefficient (Wildman–Crippen LogP) is 0.911. The molecular formula is C15H19N5O3. The van der Waals surface area contributed by atoms with Crippen molar-refractivity contribution in [1.82, 2.24) is 24.9 Å². The Morgan fingerprint density at radius 1 is 1.43 bits per heavy atom. The predicted molar refractivity (Wildman–Crippen MR) is 81.1 cm³/mol. The summed E-state index contributed by atoms with van der Waals surface area (Å²) in [5, 5.41) is 3.84. The molecule has 1 aliphatic heterocycles. The molecule has 3 rings (SSSR count). The molecule has 1 amide bonds. The molecule has 8 nitrogen and oxygen atoms in total. The molecule has 3 heterocycles. The molecule has 8 heteroatoms. The molecule has 1 atom stereocenters. The van der Waals surface area contributed by atoms with Crippen LogP contribution in [0, 0.1) is 6.92 Å². The van der Waals surface area contributed by atoms with E-state index < -0.39 is 0 Å². The molecule has 2 aromatic rings. The summed E-state index contributed by atoms with van der Waals surface area (Å²) in [5.41, 5.74) is 0.458. The van der Waals surface area contributed by atoms with Crippen molar-refractivity contribution >= 4 is 5.91 Å². The van der Waals surface area contributed by atoms with Crippen LogP contribution in [0.25, 0.3) is 0 Å². The van der Waals surface area contributed by atoms with Crippen molar-refractivity contribution in [2.24, 2.45) is 0 Å². The minimum absolute atomic E-state index is 0.107. The Labute approximate surface area is 134 Å². The first-order valence-electron chi connectivity index (χ1n) is 7.39. The van der Waals surface area contributed by atoms with Crippen molar-refractivity contribution in [3.05, 3.63) is 35.6 Å². The highest BCUT2D eigenvalue weighted by molar-refractivity contribution is 5.96. The first-order chi connectivity index (χ1) is 11.1. The zero-order valence-electron chi connectivity index (χ0n) is 13.4. The standard InChI is InChI=1S/C15H19N5O3/c1-10-17-14(23-18-10)12-9-20(8-7-19(12)2)15(21)11-5-4-6-16-13(11)22-3/h4-6,12H,7-9H2,1-3H3/t12-/m1/s1. The fourth-order valence-electron chi connectivity index (χ4n) is 2.66. The van der Waals surface area contributed by atoms with Crippen LogP contribution in [0.3, 0.4) is 0 Å². The quantitative estimate of drug-likeness (QED) is 0.832. The van der Waals surface area contributed by atoms with Gasteiger partial charge in [0, 0.05) is 25.8 Å². The number of hydrogen-bond acceptors (Lipinski definition) is 7. The molecule has 1 saturated heterocycles. The maximum atomic E-state index is 12.8. The largest absolute Gasteiger partial charge is 0.480 e. The zero-order valence-corrected chi connectivity index (χ0v) is 13.4. The van der Waals surface area contributed by atoms with Gasteiger partial charge in [0.05, 0.1) is 7.11 Å². The Balaban J connectivity index is 1.82. The third-order valence-electron chi connectivity index (χ3n) is 3.96. The molecule has 0 N–H and O–H groups in total. The van der Waals surface area contributed by atoms with Crippen LogP contribution in [0.15, 0.2) is 22.9 Å². The average molecular weight is 317 g/mol. The van der Waals surface area contributed by atoms with Crippen LogP contribution in [-0.2, 0) is 0 Å². The van der Waals surface area contributed by atoms with Crippen LogP contribution in [-0.4, -0.2) is 64.6 Å². The topological polar surface area (TPSA) is 84.6 Å². The van der Waals surface area contributed by atoms with Crippen LogP contribution in [0.5, 0.6) is 5.88 Å². The number of aromatic nitrogens is 3. The lowest BCUT2D eigenvalue weighted by molar-refractivity contribution is 0.0485. The van der Waals surface area contributed by atoms with Gasteiger partial charge < -0.3 is 14.2 Å². The van der Waals surface area contributed by atoms with E-state index in [9.17, 15) is 4.79 Å². The summed E-state index contributed by atoms with van der Waals surface area (Å²) in [6, 6.07) is 3.33. The van der Waals surface area contributed by atoms with Crippen LogP contribution in [0.2, 0.25) is 0 Å². The number of piperazine rings is 1. The summed E-state index contributed by atoms with van der Waals surface area (Å²) in [4.78, 5) is 25.0. The van der Waals surface area contributed by atoms with Gasteiger partial charge in [0.2, 0.25) is 11.8 Å². The second kappa shape index (κ2) is 6.33.